The van der Waals surface area contributed by atoms with Crippen molar-refractivity contribution in [3.8, 4) is 11.5 Å². The normalized spacial score (nSPS) is 11.9. The molecular formula is C29H32Cl3N3O6S. The predicted octanol–water partition coefficient (Wildman–Crippen LogP) is 5.80. The van der Waals surface area contributed by atoms with Crippen molar-refractivity contribution in [2.45, 2.75) is 37.8 Å². The van der Waals surface area contributed by atoms with Gasteiger partial charge in [0, 0.05) is 39.8 Å². The van der Waals surface area contributed by atoms with Gasteiger partial charge in [0.1, 0.15) is 12.6 Å². The SMILES string of the molecule is CCCNC(=O)[C@H](C)N(Cc1c(Cl)cccc1Cl)C(=O)CN(c1ccc(Cl)cc1)S(=O)(=O)c1ccc(OC)c(OC)c1. The van der Waals surface area contributed by atoms with E-state index in [4.69, 9.17) is 44.3 Å². The van der Waals surface area contributed by atoms with E-state index in [1.807, 2.05) is 6.92 Å². The first-order valence-corrected chi connectivity index (χ1v) is 15.5. The molecule has 0 bridgehead atoms. The second-order valence-electron chi connectivity index (χ2n) is 9.19. The van der Waals surface area contributed by atoms with Gasteiger partial charge in [0.25, 0.3) is 10.0 Å². The average molecular weight is 657 g/mol. The van der Waals surface area contributed by atoms with Crippen LogP contribution in [0.5, 0.6) is 11.5 Å². The number of hydrogen-bond acceptors (Lipinski definition) is 6. The van der Waals surface area contributed by atoms with Gasteiger partial charge in [-0.05, 0) is 61.9 Å². The Balaban J connectivity index is 2.09. The topological polar surface area (TPSA) is 105 Å². The van der Waals surface area contributed by atoms with E-state index >= 15 is 0 Å². The van der Waals surface area contributed by atoms with Crippen molar-refractivity contribution in [2.75, 3.05) is 31.6 Å². The Morgan fingerprint density at radius 2 is 1.55 bits per heavy atom. The number of anilines is 1. The van der Waals surface area contributed by atoms with Crippen LogP contribution in [0, 0.1) is 0 Å². The van der Waals surface area contributed by atoms with Crippen molar-refractivity contribution in [3.05, 3.63) is 81.3 Å². The summed E-state index contributed by atoms with van der Waals surface area (Å²) in [5.41, 5.74) is 0.603. The molecule has 2 amide bonds. The summed E-state index contributed by atoms with van der Waals surface area (Å²) in [5, 5.41) is 3.76. The fourth-order valence-electron chi connectivity index (χ4n) is 4.07. The highest BCUT2D eigenvalue weighted by molar-refractivity contribution is 7.92. The zero-order valence-corrected chi connectivity index (χ0v) is 26.6. The number of amides is 2. The van der Waals surface area contributed by atoms with Gasteiger partial charge < -0.3 is 19.7 Å². The maximum Gasteiger partial charge on any atom is 0.264 e. The number of rotatable bonds is 13. The molecule has 0 aliphatic rings. The minimum Gasteiger partial charge on any atom is -0.493 e. The second kappa shape index (κ2) is 14.8. The summed E-state index contributed by atoms with van der Waals surface area (Å²) in [5.74, 6) is -0.546. The summed E-state index contributed by atoms with van der Waals surface area (Å²) in [7, 11) is -1.53. The fraction of sp³-hybridized carbons (Fsp3) is 0.310. The van der Waals surface area contributed by atoms with E-state index in [1.54, 1.807) is 25.1 Å². The Bertz CT molecular complexity index is 1500. The van der Waals surface area contributed by atoms with Crippen molar-refractivity contribution in [1.82, 2.24) is 10.2 Å². The van der Waals surface area contributed by atoms with E-state index in [-0.39, 0.29) is 22.9 Å². The van der Waals surface area contributed by atoms with Crippen LogP contribution in [0.15, 0.2) is 65.6 Å². The summed E-state index contributed by atoms with van der Waals surface area (Å²) < 4.78 is 39.6. The molecule has 1 N–H and O–H groups in total. The summed E-state index contributed by atoms with van der Waals surface area (Å²) >= 11 is 18.9. The van der Waals surface area contributed by atoms with Crippen LogP contribution in [0.25, 0.3) is 0 Å². The first-order valence-electron chi connectivity index (χ1n) is 12.9. The van der Waals surface area contributed by atoms with Crippen LogP contribution in [0.4, 0.5) is 5.69 Å². The van der Waals surface area contributed by atoms with Crippen LogP contribution in [-0.4, -0.2) is 58.5 Å². The van der Waals surface area contributed by atoms with Crippen molar-refractivity contribution in [3.63, 3.8) is 0 Å². The molecule has 0 heterocycles. The number of sulfonamides is 1. The largest absolute Gasteiger partial charge is 0.493 e. The monoisotopic (exact) mass is 655 g/mol. The van der Waals surface area contributed by atoms with Gasteiger partial charge in [-0.1, -0.05) is 47.8 Å². The summed E-state index contributed by atoms with van der Waals surface area (Å²) in [6.45, 7) is 3.08. The molecule has 0 aliphatic carbocycles. The number of benzene rings is 3. The quantitative estimate of drug-likeness (QED) is 0.249. The van der Waals surface area contributed by atoms with Crippen molar-refractivity contribution >= 4 is 62.3 Å². The minimum absolute atomic E-state index is 0.136. The molecule has 1 atom stereocenters. The Labute approximate surface area is 261 Å². The molecule has 42 heavy (non-hydrogen) atoms. The molecule has 0 aromatic heterocycles. The van der Waals surface area contributed by atoms with E-state index in [0.717, 1.165) is 4.31 Å². The number of methoxy groups -OCH3 is 2. The van der Waals surface area contributed by atoms with Gasteiger partial charge in [0.05, 0.1) is 24.8 Å². The van der Waals surface area contributed by atoms with Gasteiger partial charge >= 0.3 is 0 Å². The standard InChI is InChI=1S/C29H32Cl3N3O6S/c1-5-15-33-29(37)19(2)34(17-23-24(31)7-6-8-25(23)32)28(36)18-35(21-11-9-20(30)10-12-21)42(38,39)22-13-14-26(40-3)27(16-22)41-4/h6-14,16,19H,5,15,17-18H2,1-4H3,(H,33,37)/t19-/m0/s1. The number of carbonyl (C=O) groups excluding carboxylic acids is 2. The third-order valence-corrected chi connectivity index (χ3v) is 9.17. The summed E-state index contributed by atoms with van der Waals surface area (Å²) in [6, 6.07) is 14.0. The maximum absolute atomic E-state index is 14.1. The maximum atomic E-state index is 14.1. The molecule has 13 heteroatoms. The summed E-state index contributed by atoms with van der Waals surface area (Å²) in [4.78, 5) is 28.1. The average Bonchev–Trinajstić information content (AvgIpc) is 2.98. The number of hydrogen-bond donors (Lipinski definition) is 1. The summed E-state index contributed by atoms with van der Waals surface area (Å²) in [6.07, 6.45) is 0.691. The van der Waals surface area contributed by atoms with E-state index in [1.165, 1.54) is 61.6 Å². The third kappa shape index (κ3) is 7.80. The number of carbonyl (C=O) groups is 2. The molecule has 0 saturated heterocycles. The van der Waals surface area contributed by atoms with Gasteiger partial charge in [-0.3, -0.25) is 13.9 Å². The molecule has 0 spiro atoms. The van der Waals surface area contributed by atoms with Gasteiger partial charge in [0.2, 0.25) is 11.8 Å². The number of nitrogens with one attached hydrogen (secondary N) is 1. The van der Waals surface area contributed by atoms with Crippen LogP contribution in [0.2, 0.25) is 15.1 Å². The number of halogens is 3. The molecule has 9 nitrogen and oxygen atoms in total. The lowest BCUT2D eigenvalue weighted by atomic mass is 10.1. The van der Waals surface area contributed by atoms with Gasteiger partial charge in [-0.15, -0.1) is 0 Å². The first-order chi connectivity index (χ1) is 19.9. The Morgan fingerprint density at radius 3 is 2.12 bits per heavy atom. The highest BCUT2D eigenvalue weighted by Gasteiger charge is 2.33. The van der Waals surface area contributed by atoms with Crippen LogP contribution < -0.4 is 19.1 Å². The van der Waals surface area contributed by atoms with Crippen molar-refractivity contribution < 1.29 is 27.5 Å². The minimum atomic E-state index is -4.35. The van der Waals surface area contributed by atoms with E-state index < -0.39 is 34.4 Å². The fourth-order valence-corrected chi connectivity index (χ4v) is 6.15. The molecule has 0 fully saturated rings. The van der Waals surface area contributed by atoms with Crippen molar-refractivity contribution in [1.29, 1.82) is 0 Å². The van der Waals surface area contributed by atoms with Crippen LogP contribution in [-0.2, 0) is 26.2 Å². The van der Waals surface area contributed by atoms with Crippen LogP contribution >= 0.6 is 34.8 Å². The van der Waals surface area contributed by atoms with E-state index in [2.05, 4.69) is 5.32 Å². The molecule has 0 aliphatic heterocycles. The van der Waals surface area contributed by atoms with Crippen molar-refractivity contribution in [2.24, 2.45) is 0 Å². The molecular weight excluding hydrogens is 625 g/mol. The molecule has 0 saturated carbocycles. The van der Waals surface area contributed by atoms with E-state index in [0.29, 0.717) is 39.3 Å². The zero-order chi connectivity index (χ0) is 31.0. The van der Waals surface area contributed by atoms with Gasteiger partial charge in [0.15, 0.2) is 11.5 Å². The lowest BCUT2D eigenvalue weighted by Gasteiger charge is -2.32. The number of nitrogens with zero attached hydrogens (tertiary/aromatic N) is 2. The Morgan fingerprint density at radius 1 is 0.929 bits per heavy atom. The lowest BCUT2D eigenvalue weighted by Crippen LogP contribution is -2.51. The third-order valence-electron chi connectivity index (χ3n) is 6.44. The Kier molecular flexibility index (Phi) is 11.8. The highest BCUT2D eigenvalue weighted by Crippen LogP contribution is 2.33. The van der Waals surface area contributed by atoms with Crippen LogP contribution in [0.3, 0.4) is 0 Å². The molecule has 3 aromatic carbocycles. The highest BCUT2D eigenvalue weighted by atomic mass is 35.5. The molecule has 3 rings (SSSR count). The van der Waals surface area contributed by atoms with E-state index in [9.17, 15) is 18.0 Å². The molecule has 0 radical (unpaired) electrons. The van der Waals surface area contributed by atoms with Crippen LogP contribution in [0.1, 0.15) is 25.8 Å². The first kappa shape index (κ1) is 33.3. The predicted molar refractivity (Wildman–Crippen MR) is 165 cm³/mol. The Hall–Kier alpha value is -3.18. The number of ether oxygens (including phenoxy) is 2. The smallest absolute Gasteiger partial charge is 0.264 e. The molecule has 226 valence electrons. The zero-order valence-electron chi connectivity index (χ0n) is 23.6. The molecule has 3 aromatic rings. The van der Waals surface area contributed by atoms with Gasteiger partial charge in [-0.25, -0.2) is 8.42 Å². The van der Waals surface area contributed by atoms with Gasteiger partial charge in [-0.2, -0.15) is 0 Å². The lowest BCUT2D eigenvalue weighted by molar-refractivity contribution is -0.139. The second-order valence-corrected chi connectivity index (χ2v) is 12.3. The molecule has 0 unspecified atom stereocenters.